The van der Waals surface area contributed by atoms with Gasteiger partial charge < -0.3 is 0 Å². The van der Waals surface area contributed by atoms with E-state index in [0.717, 1.165) is 42.4 Å². The molecule has 0 atom stereocenters. The fraction of sp³-hybridized carbons (Fsp3) is 0. The van der Waals surface area contributed by atoms with E-state index in [2.05, 4.69) is 133 Å². The SMILES string of the molecule is C#Cc1cc2c(C#C)cc1=c1ccc(cc1)=c1ccc(cc1)=c1ccc(cc1)=c1ccc(cc1)=c1ccc=2cc1. The highest BCUT2D eigenvalue weighted by molar-refractivity contribution is 5.45. The number of rotatable bonds is 0. The van der Waals surface area contributed by atoms with Crippen molar-refractivity contribution in [1.82, 2.24) is 0 Å². The summed E-state index contributed by atoms with van der Waals surface area (Å²) >= 11 is 0. The monoisotopic (exact) mass is 504 g/mol. The Morgan fingerprint density at radius 3 is 0.625 bits per heavy atom. The Bertz CT molecular complexity index is 2370. The molecule has 184 valence electrons. The summed E-state index contributed by atoms with van der Waals surface area (Å²) in [4.78, 5) is 0. The van der Waals surface area contributed by atoms with Crippen molar-refractivity contribution in [3.63, 3.8) is 0 Å². The molecule has 0 aromatic heterocycles. The zero-order chi connectivity index (χ0) is 27.1. The molecule has 0 heterocycles. The number of hydrogen-bond acceptors (Lipinski definition) is 0. The van der Waals surface area contributed by atoms with Gasteiger partial charge in [-0.15, -0.1) is 12.8 Å². The van der Waals surface area contributed by atoms with Gasteiger partial charge in [-0.25, -0.2) is 0 Å². The summed E-state index contributed by atoms with van der Waals surface area (Å²) in [5.74, 6) is 5.79. The highest BCUT2D eigenvalue weighted by atomic mass is 14.0. The third-order valence-electron chi connectivity index (χ3n) is 7.85. The van der Waals surface area contributed by atoms with Crippen LogP contribution in [0.1, 0.15) is 11.1 Å². The van der Waals surface area contributed by atoms with Crippen molar-refractivity contribution in [3.8, 4) is 24.7 Å². The van der Waals surface area contributed by atoms with Crippen molar-refractivity contribution in [1.29, 1.82) is 0 Å². The van der Waals surface area contributed by atoms with Gasteiger partial charge in [-0.3, -0.25) is 0 Å². The van der Waals surface area contributed by atoms with Gasteiger partial charge in [0.15, 0.2) is 0 Å². The fourth-order valence-corrected chi connectivity index (χ4v) is 5.57. The van der Waals surface area contributed by atoms with E-state index in [1.165, 1.54) is 31.3 Å². The summed E-state index contributed by atoms with van der Waals surface area (Å²) in [5, 5.41) is 13.5. The third kappa shape index (κ3) is 4.10. The maximum atomic E-state index is 6.01. The minimum atomic E-state index is 0.825. The van der Waals surface area contributed by atoms with Crippen LogP contribution < -0.4 is 0 Å². The van der Waals surface area contributed by atoms with Crippen molar-refractivity contribution in [3.05, 3.63) is 207 Å². The van der Waals surface area contributed by atoms with Gasteiger partial charge in [0.2, 0.25) is 0 Å². The molecule has 0 saturated heterocycles. The van der Waals surface area contributed by atoms with Crippen molar-refractivity contribution < 1.29 is 0 Å². The van der Waals surface area contributed by atoms with E-state index in [4.69, 9.17) is 12.8 Å². The summed E-state index contributed by atoms with van der Waals surface area (Å²) in [6.45, 7) is 0. The van der Waals surface area contributed by atoms with Crippen LogP contribution in [0.25, 0.3) is 0 Å². The normalized spacial score (nSPS) is 10.9. The van der Waals surface area contributed by atoms with Crippen LogP contribution in [0, 0.1) is 87.3 Å². The first-order valence-corrected chi connectivity index (χ1v) is 13.3. The highest BCUT2D eigenvalue weighted by Crippen LogP contribution is 2.13. The summed E-state index contributed by atoms with van der Waals surface area (Å²) in [6.07, 6.45) is 12.0. The predicted octanol–water partition coefficient (Wildman–Crippen LogP) is 7.68. The van der Waals surface area contributed by atoms with Gasteiger partial charge in [0.25, 0.3) is 0 Å². The average Bonchev–Trinajstić information content (AvgIpc) is 3.04. The molecule has 0 saturated carbocycles. The van der Waals surface area contributed by atoms with E-state index >= 15 is 0 Å². The summed E-state index contributed by atoms with van der Waals surface area (Å²) in [5.41, 5.74) is 1.65. The highest BCUT2D eigenvalue weighted by Gasteiger charge is 2.00. The van der Waals surface area contributed by atoms with Crippen LogP contribution in [0.3, 0.4) is 0 Å². The van der Waals surface area contributed by atoms with Gasteiger partial charge in [-0.05, 0) is 74.8 Å². The Morgan fingerprint density at radius 2 is 0.450 bits per heavy atom. The van der Waals surface area contributed by atoms with Crippen LogP contribution >= 0.6 is 0 Å². The molecule has 22 rings (SSSR count). The van der Waals surface area contributed by atoms with Gasteiger partial charge in [0.05, 0.1) is 0 Å². The Morgan fingerprint density at radius 1 is 0.275 bits per heavy atom. The molecule has 0 N–H and O–H groups in total. The molecular weight excluding hydrogens is 480 g/mol. The maximum absolute atomic E-state index is 6.01. The van der Waals surface area contributed by atoms with Gasteiger partial charge in [-0.2, -0.15) is 0 Å². The van der Waals surface area contributed by atoms with Gasteiger partial charge >= 0.3 is 0 Å². The van der Waals surface area contributed by atoms with Gasteiger partial charge in [-0.1, -0.05) is 133 Å². The molecule has 0 spiro atoms. The van der Waals surface area contributed by atoms with Crippen molar-refractivity contribution in [2.75, 3.05) is 0 Å². The molecule has 6 aromatic rings. The lowest BCUT2D eigenvalue weighted by Gasteiger charge is -2.01. The molecular formula is C40H24. The van der Waals surface area contributed by atoms with Crippen LogP contribution in [0.15, 0.2) is 133 Å². The van der Waals surface area contributed by atoms with E-state index in [0.29, 0.717) is 0 Å². The van der Waals surface area contributed by atoms with Crippen molar-refractivity contribution in [2.45, 2.75) is 0 Å². The second kappa shape index (κ2) is 9.63. The lowest BCUT2D eigenvalue weighted by molar-refractivity contribution is 1.36. The minimum Gasteiger partial charge on any atom is -0.115 e. The van der Waals surface area contributed by atoms with Crippen LogP contribution in [-0.2, 0) is 0 Å². The Hall–Kier alpha value is -5.56. The Labute approximate surface area is 231 Å². The average molecular weight is 505 g/mol. The molecule has 0 nitrogen and oxygen atoms in total. The first-order chi connectivity index (χ1) is 19.7. The topological polar surface area (TPSA) is 0 Å². The summed E-state index contributed by atoms with van der Waals surface area (Å²) < 4.78 is 0. The third-order valence-corrected chi connectivity index (χ3v) is 7.85. The molecule has 0 unspecified atom stereocenters. The summed E-state index contributed by atoms with van der Waals surface area (Å²) in [6, 6.07) is 47.4. The van der Waals surface area contributed by atoms with Crippen LogP contribution in [0.4, 0.5) is 0 Å². The molecule has 6 aromatic carbocycles. The molecule has 0 aliphatic heterocycles. The predicted molar refractivity (Wildman–Crippen MR) is 161 cm³/mol. The van der Waals surface area contributed by atoms with Crippen LogP contribution in [0.2, 0.25) is 0 Å². The summed E-state index contributed by atoms with van der Waals surface area (Å²) in [7, 11) is 0. The molecule has 16 aliphatic rings. The van der Waals surface area contributed by atoms with E-state index in [1.54, 1.807) is 0 Å². The van der Waals surface area contributed by atoms with Crippen LogP contribution in [-0.4, -0.2) is 0 Å². The molecule has 16 aliphatic carbocycles. The quantitative estimate of drug-likeness (QED) is 0.186. The van der Waals surface area contributed by atoms with E-state index in [-0.39, 0.29) is 0 Å². The van der Waals surface area contributed by atoms with Crippen molar-refractivity contribution >= 4 is 0 Å². The fourth-order valence-electron chi connectivity index (χ4n) is 5.57. The standard InChI is InChI=1S/C40H24/c1-3-27-25-40-28(4-2)26-39(27)37-21-17-35(18-22-37)33-13-9-31(10-14-33)29-5-7-30(8-6-29)32-11-15-34(16-12-32)36-19-23-38(40)24-20-36/h1-2,5-26H. The first-order valence-electron chi connectivity index (χ1n) is 13.3. The molecule has 40 heavy (non-hydrogen) atoms. The number of terminal acetylenes is 2. The van der Waals surface area contributed by atoms with E-state index in [9.17, 15) is 0 Å². The molecule has 0 amide bonds. The maximum Gasteiger partial charge on any atom is 0.0328 e. The molecule has 0 fully saturated rings. The Kier molecular flexibility index (Phi) is 5.67. The molecule has 0 heteroatoms. The first kappa shape index (κ1) is 23.5. The van der Waals surface area contributed by atoms with Crippen LogP contribution in [0.5, 0.6) is 0 Å². The number of benzene rings is 6. The molecule has 12 bridgehead atoms. The van der Waals surface area contributed by atoms with E-state index in [1.807, 2.05) is 12.1 Å². The lowest BCUT2D eigenvalue weighted by Crippen LogP contribution is -1.89. The largest absolute Gasteiger partial charge is 0.115 e. The lowest BCUT2D eigenvalue weighted by atomic mass is 10.0. The minimum absolute atomic E-state index is 0.825. The second-order valence-electron chi connectivity index (χ2n) is 10.1. The van der Waals surface area contributed by atoms with Gasteiger partial charge in [0.1, 0.15) is 0 Å². The zero-order valence-corrected chi connectivity index (χ0v) is 21.9. The zero-order valence-electron chi connectivity index (χ0n) is 21.9. The number of hydrogen-bond donors (Lipinski definition) is 0. The van der Waals surface area contributed by atoms with Gasteiger partial charge in [0, 0.05) is 11.1 Å². The van der Waals surface area contributed by atoms with Crippen molar-refractivity contribution in [2.24, 2.45) is 0 Å². The van der Waals surface area contributed by atoms with E-state index < -0.39 is 0 Å². The molecule has 0 radical (unpaired) electrons. The smallest absolute Gasteiger partial charge is 0.0328 e. The Balaban J connectivity index is 1.68. The second-order valence-corrected chi connectivity index (χ2v) is 10.1.